The van der Waals surface area contributed by atoms with Crippen LogP contribution in [-0.2, 0) is 6.54 Å². The zero-order chi connectivity index (χ0) is 16.6. The van der Waals surface area contributed by atoms with E-state index in [1.54, 1.807) is 6.07 Å². The van der Waals surface area contributed by atoms with Crippen LogP contribution in [0.3, 0.4) is 0 Å². The highest BCUT2D eigenvalue weighted by atomic mass is 16.1. The standard InChI is InChI=1S/C18H20N4O/c1-5-22-16-7-6-14(10-15(16)20-21-22)18(23)19-17-12(3)8-11(2)9-13(17)4/h6-10H,5H2,1-4H3,(H,19,23). The van der Waals surface area contributed by atoms with Gasteiger partial charge in [-0.05, 0) is 57.0 Å². The first kappa shape index (κ1) is 15.2. The number of hydrogen-bond acceptors (Lipinski definition) is 3. The Hall–Kier alpha value is -2.69. The summed E-state index contributed by atoms with van der Waals surface area (Å²) < 4.78 is 1.81. The van der Waals surface area contributed by atoms with Crippen LogP contribution in [0.5, 0.6) is 0 Å². The minimum absolute atomic E-state index is 0.131. The highest BCUT2D eigenvalue weighted by Crippen LogP contribution is 2.23. The molecule has 1 aromatic heterocycles. The zero-order valence-corrected chi connectivity index (χ0v) is 13.8. The summed E-state index contributed by atoms with van der Waals surface area (Å²) >= 11 is 0. The number of fused-ring (bicyclic) bond motifs is 1. The van der Waals surface area contributed by atoms with E-state index in [0.717, 1.165) is 34.4 Å². The van der Waals surface area contributed by atoms with E-state index in [1.807, 2.05) is 37.6 Å². The molecule has 118 valence electrons. The molecule has 0 atom stereocenters. The fourth-order valence-electron chi connectivity index (χ4n) is 2.91. The van der Waals surface area contributed by atoms with Crippen molar-refractivity contribution in [3.8, 4) is 0 Å². The topological polar surface area (TPSA) is 59.8 Å². The lowest BCUT2D eigenvalue weighted by Crippen LogP contribution is -2.14. The molecule has 0 unspecified atom stereocenters. The van der Waals surface area contributed by atoms with Gasteiger partial charge in [-0.2, -0.15) is 0 Å². The summed E-state index contributed by atoms with van der Waals surface area (Å²) in [5, 5.41) is 11.2. The van der Waals surface area contributed by atoms with Crippen molar-refractivity contribution in [3.05, 3.63) is 52.6 Å². The molecule has 1 heterocycles. The van der Waals surface area contributed by atoms with Crippen LogP contribution in [0.2, 0.25) is 0 Å². The van der Waals surface area contributed by atoms with Crippen molar-refractivity contribution in [2.45, 2.75) is 34.2 Å². The van der Waals surface area contributed by atoms with Gasteiger partial charge in [0, 0.05) is 17.8 Å². The first-order valence-electron chi connectivity index (χ1n) is 7.72. The quantitative estimate of drug-likeness (QED) is 0.803. The van der Waals surface area contributed by atoms with Gasteiger partial charge in [-0.3, -0.25) is 4.79 Å². The number of amides is 1. The molecule has 2 aromatic carbocycles. The predicted octanol–water partition coefficient (Wildman–Crippen LogP) is 3.63. The number of aryl methyl sites for hydroxylation is 4. The monoisotopic (exact) mass is 308 g/mol. The Morgan fingerprint density at radius 3 is 2.48 bits per heavy atom. The molecule has 5 nitrogen and oxygen atoms in total. The van der Waals surface area contributed by atoms with Crippen LogP contribution in [0.1, 0.15) is 34.0 Å². The van der Waals surface area contributed by atoms with E-state index in [-0.39, 0.29) is 5.91 Å². The summed E-state index contributed by atoms with van der Waals surface area (Å²) in [4.78, 5) is 12.6. The lowest BCUT2D eigenvalue weighted by Gasteiger charge is -2.13. The Kier molecular flexibility index (Phi) is 3.86. The number of aromatic nitrogens is 3. The Morgan fingerprint density at radius 2 is 1.83 bits per heavy atom. The van der Waals surface area contributed by atoms with Crippen molar-refractivity contribution >= 4 is 22.6 Å². The van der Waals surface area contributed by atoms with Crippen molar-refractivity contribution < 1.29 is 4.79 Å². The Bertz CT molecular complexity index is 872. The van der Waals surface area contributed by atoms with Crippen LogP contribution < -0.4 is 5.32 Å². The third-order valence-corrected chi connectivity index (χ3v) is 3.99. The second-order valence-corrected chi connectivity index (χ2v) is 5.84. The van der Waals surface area contributed by atoms with Gasteiger partial charge < -0.3 is 5.32 Å². The van der Waals surface area contributed by atoms with E-state index in [4.69, 9.17) is 0 Å². The molecular weight excluding hydrogens is 288 g/mol. The van der Waals surface area contributed by atoms with Gasteiger partial charge in [0.15, 0.2) is 0 Å². The van der Waals surface area contributed by atoms with E-state index in [9.17, 15) is 4.79 Å². The maximum Gasteiger partial charge on any atom is 0.255 e. The van der Waals surface area contributed by atoms with Crippen LogP contribution >= 0.6 is 0 Å². The lowest BCUT2D eigenvalue weighted by atomic mass is 10.0. The first-order chi connectivity index (χ1) is 11.0. The predicted molar refractivity (Wildman–Crippen MR) is 91.8 cm³/mol. The number of nitrogens with one attached hydrogen (secondary N) is 1. The smallest absolute Gasteiger partial charge is 0.255 e. The number of benzene rings is 2. The van der Waals surface area contributed by atoms with Crippen LogP contribution in [-0.4, -0.2) is 20.9 Å². The second-order valence-electron chi connectivity index (χ2n) is 5.84. The summed E-state index contributed by atoms with van der Waals surface area (Å²) in [7, 11) is 0. The van der Waals surface area contributed by atoms with E-state index in [1.165, 1.54) is 5.56 Å². The molecule has 0 aliphatic carbocycles. The van der Waals surface area contributed by atoms with Crippen LogP contribution in [0.25, 0.3) is 11.0 Å². The average Bonchev–Trinajstić information content (AvgIpc) is 2.92. The van der Waals surface area contributed by atoms with Gasteiger partial charge >= 0.3 is 0 Å². The molecule has 1 amide bonds. The van der Waals surface area contributed by atoms with E-state index in [2.05, 4.69) is 34.7 Å². The van der Waals surface area contributed by atoms with Crippen molar-refractivity contribution in [2.24, 2.45) is 0 Å². The minimum atomic E-state index is -0.131. The average molecular weight is 308 g/mol. The van der Waals surface area contributed by atoms with Crippen LogP contribution in [0.4, 0.5) is 5.69 Å². The third kappa shape index (κ3) is 2.82. The number of hydrogen-bond donors (Lipinski definition) is 1. The van der Waals surface area contributed by atoms with E-state index < -0.39 is 0 Å². The van der Waals surface area contributed by atoms with Gasteiger partial charge in [0.05, 0.1) is 5.52 Å². The molecule has 0 aliphatic heterocycles. The van der Waals surface area contributed by atoms with Gasteiger partial charge in [0.25, 0.3) is 5.91 Å². The third-order valence-electron chi connectivity index (χ3n) is 3.99. The highest BCUT2D eigenvalue weighted by molar-refractivity contribution is 6.06. The number of rotatable bonds is 3. The van der Waals surface area contributed by atoms with E-state index in [0.29, 0.717) is 5.56 Å². The largest absolute Gasteiger partial charge is 0.322 e. The number of carbonyl (C=O) groups excluding carboxylic acids is 1. The second kappa shape index (κ2) is 5.83. The summed E-state index contributed by atoms with van der Waals surface area (Å²) in [5.74, 6) is -0.131. The Labute approximate surface area is 135 Å². The molecule has 5 heteroatoms. The van der Waals surface area contributed by atoms with Gasteiger partial charge in [-0.15, -0.1) is 5.10 Å². The molecule has 0 saturated carbocycles. The molecule has 0 bridgehead atoms. The van der Waals surface area contributed by atoms with Gasteiger partial charge in [-0.1, -0.05) is 22.9 Å². The molecule has 0 fully saturated rings. The van der Waals surface area contributed by atoms with Crippen molar-refractivity contribution in [1.82, 2.24) is 15.0 Å². The molecule has 0 spiro atoms. The van der Waals surface area contributed by atoms with Crippen molar-refractivity contribution in [2.75, 3.05) is 5.32 Å². The summed E-state index contributed by atoms with van der Waals surface area (Å²) in [5.41, 5.74) is 6.44. The molecule has 3 aromatic rings. The van der Waals surface area contributed by atoms with E-state index >= 15 is 0 Å². The summed E-state index contributed by atoms with van der Waals surface area (Å²) in [6.45, 7) is 8.83. The number of carbonyl (C=O) groups is 1. The van der Waals surface area contributed by atoms with Crippen molar-refractivity contribution in [3.63, 3.8) is 0 Å². The van der Waals surface area contributed by atoms with Crippen LogP contribution in [0.15, 0.2) is 30.3 Å². The maximum absolute atomic E-state index is 12.6. The molecular formula is C18H20N4O. The molecule has 1 N–H and O–H groups in total. The van der Waals surface area contributed by atoms with Crippen molar-refractivity contribution in [1.29, 1.82) is 0 Å². The van der Waals surface area contributed by atoms with Gasteiger partial charge in [0.1, 0.15) is 5.52 Å². The Balaban J connectivity index is 1.92. The minimum Gasteiger partial charge on any atom is -0.322 e. The molecule has 0 radical (unpaired) electrons. The summed E-state index contributed by atoms with van der Waals surface area (Å²) in [6, 6.07) is 9.62. The fourth-order valence-corrected chi connectivity index (χ4v) is 2.91. The van der Waals surface area contributed by atoms with Crippen LogP contribution in [0, 0.1) is 20.8 Å². The summed E-state index contributed by atoms with van der Waals surface area (Å²) in [6.07, 6.45) is 0. The normalized spacial score (nSPS) is 11.0. The van der Waals surface area contributed by atoms with Gasteiger partial charge in [-0.25, -0.2) is 4.68 Å². The molecule has 23 heavy (non-hydrogen) atoms. The number of anilines is 1. The molecule has 3 rings (SSSR count). The fraction of sp³-hybridized carbons (Fsp3) is 0.278. The zero-order valence-electron chi connectivity index (χ0n) is 13.8. The first-order valence-corrected chi connectivity index (χ1v) is 7.72. The molecule has 0 aliphatic rings. The Morgan fingerprint density at radius 1 is 1.13 bits per heavy atom. The maximum atomic E-state index is 12.6. The van der Waals surface area contributed by atoms with Gasteiger partial charge in [0.2, 0.25) is 0 Å². The molecule has 0 saturated heterocycles. The number of nitrogens with zero attached hydrogens (tertiary/aromatic N) is 3. The highest BCUT2D eigenvalue weighted by Gasteiger charge is 2.12. The lowest BCUT2D eigenvalue weighted by molar-refractivity contribution is 0.102. The SMILES string of the molecule is CCn1nnc2cc(C(=O)Nc3c(C)cc(C)cc3C)ccc21.